The van der Waals surface area contributed by atoms with E-state index < -0.39 is 44.7 Å². The lowest BCUT2D eigenvalue weighted by Crippen LogP contribution is -2.61. The van der Waals surface area contributed by atoms with E-state index in [0.29, 0.717) is 10.7 Å². The Kier molecular flexibility index (Phi) is 5.73. The van der Waals surface area contributed by atoms with E-state index in [1.165, 1.54) is 38.1 Å². The van der Waals surface area contributed by atoms with Gasteiger partial charge in [0.2, 0.25) is 15.8 Å². The minimum absolute atomic E-state index is 0.0241. The maximum atomic E-state index is 16.8. The molecule has 0 spiro atoms. The summed E-state index contributed by atoms with van der Waals surface area (Å²) in [6.45, 7) is 2.69. The summed E-state index contributed by atoms with van der Waals surface area (Å²) in [5, 5.41) is 0.368. The smallest absolute Gasteiger partial charge is 0.209 e. The van der Waals surface area contributed by atoms with Crippen LogP contribution in [0.15, 0.2) is 54.5 Å². The van der Waals surface area contributed by atoms with Gasteiger partial charge < -0.3 is 4.98 Å². The number of alkyl halides is 1. The zero-order chi connectivity index (χ0) is 22.4. The number of ketones is 1. The van der Waals surface area contributed by atoms with Gasteiger partial charge in [0.1, 0.15) is 5.83 Å². The zero-order valence-corrected chi connectivity index (χ0v) is 18.4. The average molecular weight is 457 g/mol. The number of allylic oxidation sites excluding steroid dienone is 1. The van der Waals surface area contributed by atoms with Crippen LogP contribution in [0.5, 0.6) is 0 Å². The standard InChI is InChI=1S/C21H23ClF2N2O3S/c1-19(26-30(3,28)29)12-17(23)20(2,11-16-5-4-10-25-16)21(24,13-19)18(27)14-6-8-15(22)9-7-14/h4-10,12,25-26H,11,13H2,1-3H3. The molecule has 0 amide bonds. The second kappa shape index (κ2) is 7.59. The Hall–Kier alpha value is -2.03. The van der Waals surface area contributed by atoms with E-state index >= 15 is 8.78 Å². The molecule has 9 heteroatoms. The maximum Gasteiger partial charge on any atom is 0.209 e. The molecule has 30 heavy (non-hydrogen) atoms. The highest BCUT2D eigenvalue weighted by atomic mass is 35.5. The summed E-state index contributed by atoms with van der Waals surface area (Å²) in [6.07, 6.45) is 2.90. The van der Waals surface area contributed by atoms with Gasteiger partial charge in [-0.05, 0) is 56.3 Å². The van der Waals surface area contributed by atoms with Crippen molar-refractivity contribution in [3.63, 3.8) is 0 Å². The Morgan fingerprint density at radius 3 is 2.40 bits per heavy atom. The predicted octanol–water partition coefficient (Wildman–Crippen LogP) is 4.37. The van der Waals surface area contributed by atoms with Crippen LogP contribution in [0.25, 0.3) is 0 Å². The lowest BCUT2D eigenvalue weighted by atomic mass is 9.59. The minimum Gasteiger partial charge on any atom is -0.365 e. The van der Waals surface area contributed by atoms with Crippen LogP contribution >= 0.6 is 11.6 Å². The second-order valence-corrected chi connectivity index (χ2v) is 10.5. The number of benzene rings is 1. The lowest BCUT2D eigenvalue weighted by Gasteiger charge is -2.48. The number of aromatic nitrogens is 1. The number of nitrogens with one attached hydrogen (secondary N) is 2. The third-order valence-electron chi connectivity index (χ3n) is 5.55. The zero-order valence-electron chi connectivity index (χ0n) is 16.8. The van der Waals surface area contributed by atoms with Crippen LogP contribution in [0.1, 0.15) is 36.3 Å². The molecule has 0 fully saturated rings. The first kappa shape index (κ1) is 22.7. The Labute approximate surface area is 179 Å². The summed E-state index contributed by atoms with van der Waals surface area (Å²) in [7, 11) is -3.80. The highest BCUT2D eigenvalue weighted by Gasteiger charge is 2.62. The first-order valence-electron chi connectivity index (χ1n) is 9.27. The van der Waals surface area contributed by atoms with Crippen molar-refractivity contribution in [1.82, 2.24) is 9.71 Å². The molecule has 2 aromatic rings. The molecule has 1 aliphatic carbocycles. The molecule has 3 atom stereocenters. The number of H-pyrrole nitrogens is 1. The number of carbonyl (C=O) groups excluding carboxylic acids is 1. The van der Waals surface area contributed by atoms with Crippen molar-refractivity contribution in [2.75, 3.05) is 6.26 Å². The highest BCUT2D eigenvalue weighted by Crippen LogP contribution is 2.54. The van der Waals surface area contributed by atoms with Gasteiger partial charge in [-0.2, -0.15) is 0 Å². The average Bonchev–Trinajstić information content (AvgIpc) is 3.11. The third-order valence-corrected chi connectivity index (χ3v) is 6.64. The van der Waals surface area contributed by atoms with Crippen LogP contribution in [0.3, 0.4) is 0 Å². The Bertz CT molecular complexity index is 1090. The number of sulfonamides is 1. The monoisotopic (exact) mass is 456 g/mol. The van der Waals surface area contributed by atoms with Gasteiger partial charge in [0.25, 0.3) is 0 Å². The molecule has 0 saturated carbocycles. The topological polar surface area (TPSA) is 79.0 Å². The van der Waals surface area contributed by atoms with Crippen molar-refractivity contribution in [1.29, 1.82) is 0 Å². The Morgan fingerprint density at radius 1 is 1.23 bits per heavy atom. The SMILES string of the molecule is CC1(NS(C)(=O)=O)C=C(F)C(C)(Cc2ccc[nH]2)C(F)(C(=O)c2ccc(Cl)cc2)C1. The first-order valence-corrected chi connectivity index (χ1v) is 11.5. The van der Waals surface area contributed by atoms with Crippen LogP contribution < -0.4 is 4.72 Å². The fourth-order valence-electron chi connectivity index (χ4n) is 4.11. The second-order valence-electron chi connectivity index (χ2n) is 8.30. The molecule has 162 valence electrons. The fraction of sp³-hybridized carbons (Fsp3) is 0.381. The number of carbonyl (C=O) groups is 1. The van der Waals surface area contributed by atoms with Gasteiger partial charge in [-0.1, -0.05) is 11.6 Å². The number of aromatic amines is 1. The molecule has 3 rings (SSSR count). The largest absolute Gasteiger partial charge is 0.365 e. The van der Waals surface area contributed by atoms with Crippen molar-refractivity contribution < 1.29 is 22.0 Å². The molecular formula is C21H23ClF2N2O3S. The molecule has 0 bridgehead atoms. The van der Waals surface area contributed by atoms with Gasteiger partial charge in [-0.15, -0.1) is 0 Å². The molecule has 1 heterocycles. The van der Waals surface area contributed by atoms with E-state index in [2.05, 4.69) is 9.71 Å². The summed E-state index contributed by atoms with van der Waals surface area (Å²) in [5.41, 5.74) is -5.64. The quantitative estimate of drug-likeness (QED) is 0.633. The molecule has 0 aliphatic heterocycles. The normalized spacial score (nSPS) is 29.5. The van der Waals surface area contributed by atoms with Crippen LogP contribution in [-0.4, -0.2) is 36.6 Å². The summed E-state index contributed by atoms with van der Waals surface area (Å²) in [6, 6.07) is 9.01. The summed E-state index contributed by atoms with van der Waals surface area (Å²) in [5.74, 6) is -1.83. The van der Waals surface area contributed by atoms with Crippen molar-refractivity contribution in [2.45, 2.75) is 37.9 Å². The summed E-state index contributed by atoms with van der Waals surface area (Å²) in [4.78, 5) is 16.3. The number of halogens is 3. The van der Waals surface area contributed by atoms with Crippen LogP contribution in [0, 0.1) is 5.41 Å². The van der Waals surface area contributed by atoms with Gasteiger partial charge >= 0.3 is 0 Å². The van der Waals surface area contributed by atoms with E-state index in [1.54, 1.807) is 18.3 Å². The Morgan fingerprint density at radius 2 is 1.87 bits per heavy atom. The van der Waals surface area contributed by atoms with Crippen molar-refractivity contribution >= 4 is 27.4 Å². The highest BCUT2D eigenvalue weighted by molar-refractivity contribution is 7.88. The minimum atomic E-state index is -3.80. The van der Waals surface area contributed by atoms with E-state index in [-0.39, 0.29) is 12.0 Å². The van der Waals surface area contributed by atoms with E-state index in [1.807, 2.05) is 0 Å². The third kappa shape index (κ3) is 4.22. The predicted molar refractivity (Wildman–Crippen MR) is 112 cm³/mol. The lowest BCUT2D eigenvalue weighted by molar-refractivity contribution is -0.00610. The fourth-order valence-corrected chi connectivity index (χ4v) is 5.22. The van der Waals surface area contributed by atoms with Crippen LogP contribution in [0.4, 0.5) is 8.78 Å². The Balaban J connectivity index is 2.16. The summed E-state index contributed by atoms with van der Waals surface area (Å²) >= 11 is 5.87. The molecule has 1 aromatic carbocycles. The number of rotatable bonds is 6. The molecule has 3 unspecified atom stereocenters. The van der Waals surface area contributed by atoms with Gasteiger partial charge in [-0.3, -0.25) is 4.79 Å². The summed E-state index contributed by atoms with van der Waals surface area (Å²) < 4.78 is 58.3. The molecule has 2 N–H and O–H groups in total. The van der Waals surface area contributed by atoms with E-state index in [4.69, 9.17) is 11.6 Å². The van der Waals surface area contributed by atoms with Gasteiger partial charge in [-0.25, -0.2) is 21.9 Å². The van der Waals surface area contributed by atoms with E-state index in [0.717, 1.165) is 12.3 Å². The first-order chi connectivity index (χ1) is 13.8. The van der Waals surface area contributed by atoms with Crippen LogP contribution in [-0.2, 0) is 16.4 Å². The van der Waals surface area contributed by atoms with Gasteiger partial charge in [0, 0.05) is 35.3 Å². The van der Waals surface area contributed by atoms with Crippen molar-refractivity contribution in [3.8, 4) is 0 Å². The molecule has 0 saturated heterocycles. The molecular weight excluding hydrogens is 434 g/mol. The molecule has 1 aromatic heterocycles. The molecule has 0 radical (unpaired) electrons. The number of hydrogen-bond donors (Lipinski definition) is 2. The number of hydrogen-bond acceptors (Lipinski definition) is 3. The van der Waals surface area contributed by atoms with Crippen molar-refractivity contribution in [2.24, 2.45) is 5.41 Å². The molecule has 5 nitrogen and oxygen atoms in total. The molecule has 1 aliphatic rings. The number of Topliss-reactive ketones (excluding diaryl/α,β-unsaturated/α-hetero) is 1. The van der Waals surface area contributed by atoms with Gasteiger partial charge in [0.15, 0.2) is 5.67 Å². The van der Waals surface area contributed by atoms with Gasteiger partial charge in [0.05, 0.1) is 17.2 Å². The maximum absolute atomic E-state index is 16.8. The van der Waals surface area contributed by atoms with Crippen LogP contribution in [0.2, 0.25) is 5.02 Å². The van der Waals surface area contributed by atoms with Crippen molar-refractivity contribution in [3.05, 3.63) is 70.8 Å². The van der Waals surface area contributed by atoms with E-state index in [9.17, 15) is 13.2 Å².